The minimum Gasteiger partial charge on any atom is -0.496 e. The van der Waals surface area contributed by atoms with Crippen LogP contribution in [0.3, 0.4) is 0 Å². The van der Waals surface area contributed by atoms with Gasteiger partial charge >= 0.3 is 0 Å². The predicted molar refractivity (Wildman–Crippen MR) is 63.0 cm³/mol. The van der Waals surface area contributed by atoms with Crippen LogP contribution in [-0.4, -0.2) is 16.9 Å². The van der Waals surface area contributed by atoms with Gasteiger partial charge in [0.1, 0.15) is 17.3 Å². The molecule has 4 nitrogen and oxygen atoms in total. The van der Waals surface area contributed by atoms with Gasteiger partial charge in [-0.15, -0.1) is 0 Å². The zero-order chi connectivity index (χ0) is 12.4. The van der Waals surface area contributed by atoms with Crippen molar-refractivity contribution in [1.82, 2.24) is 9.78 Å². The van der Waals surface area contributed by atoms with Crippen LogP contribution in [0.15, 0.2) is 24.4 Å². The predicted octanol–water partition coefficient (Wildman–Crippen LogP) is 1.69. The third-order valence-electron chi connectivity index (χ3n) is 2.54. The van der Waals surface area contributed by atoms with Crippen molar-refractivity contribution < 1.29 is 9.13 Å². The molecule has 0 amide bonds. The van der Waals surface area contributed by atoms with Crippen LogP contribution < -0.4 is 10.5 Å². The molecule has 0 saturated carbocycles. The van der Waals surface area contributed by atoms with Crippen LogP contribution in [-0.2, 0) is 13.6 Å². The maximum atomic E-state index is 13.3. The first-order valence-corrected chi connectivity index (χ1v) is 5.22. The Bertz CT molecular complexity index is 537. The number of nitrogens with two attached hydrogens (primary N) is 1. The van der Waals surface area contributed by atoms with Gasteiger partial charge in [0.25, 0.3) is 0 Å². The number of hydrogen-bond donors (Lipinski definition) is 1. The van der Waals surface area contributed by atoms with E-state index in [1.165, 1.54) is 12.1 Å². The van der Waals surface area contributed by atoms with E-state index < -0.39 is 0 Å². The topological polar surface area (TPSA) is 53.1 Å². The largest absolute Gasteiger partial charge is 0.496 e. The lowest BCUT2D eigenvalue weighted by Crippen LogP contribution is -1.98. The van der Waals surface area contributed by atoms with Gasteiger partial charge in [-0.2, -0.15) is 5.10 Å². The van der Waals surface area contributed by atoms with Crippen molar-refractivity contribution in [3.05, 3.63) is 35.8 Å². The molecule has 0 aliphatic carbocycles. The van der Waals surface area contributed by atoms with E-state index in [2.05, 4.69) is 5.10 Å². The molecule has 1 aromatic carbocycles. The normalized spacial score (nSPS) is 10.6. The molecule has 90 valence electrons. The van der Waals surface area contributed by atoms with Gasteiger partial charge in [-0.1, -0.05) is 0 Å². The first-order chi connectivity index (χ1) is 8.15. The highest BCUT2D eigenvalue weighted by atomic mass is 19.1. The number of aryl methyl sites for hydroxylation is 1. The van der Waals surface area contributed by atoms with E-state index in [1.54, 1.807) is 24.9 Å². The van der Waals surface area contributed by atoms with Crippen LogP contribution in [0.2, 0.25) is 0 Å². The Morgan fingerprint density at radius 2 is 2.24 bits per heavy atom. The van der Waals surface area contributed by atoms with Crippen molar-refractivity contribution in [3.63, 3.8) is 0 Å². The molecule has 1 heterocycles. The van der Waals surface area contributed by atoms with Gasteiger partial charge in [0.05, 0.1) is 7.11 Å². The summed E-state index contributed by atoms with van der Waals surface area (Å²) in [6, 6.07) is 4.34. The summed E-state index contributed by atoms with van der Waals surface area (Å²) in [6.07, 6.45) is 1.82. The summed E-state index contributed by atoms with van der Waals surface area (Å²) in [5.74, 6) is 0.259. The maximum absolute atomic E-state index is 13.3. The molecule has 0 bridgehead atoms. The zero-order valence-corrected chi connectivity index (χ0v) is 9.77. The van der Waals surface area contributed by atoms with Crippen molar-refractivity contribution >= 4 is 0 Å². The molecule has 0 fully saturated rings. The standard InChI is InChI=1S/C12H14FN3O/c1-16-7-8(6-14)12(15-16)10-5-9(13)3-4-11(10)17-2/h3-5,7H,6,14H2,1-2H3. The van der Waals surface area contributed by atoms with Gasteiger partial charge in [0.15, 0.2) is 0 Å². The number of halogens is 1. The van der Waals surface area contributed by atoms with Crippen molar-refractivity contribution in [2.24, 2.45) is 12.8 Å². The average Bonchev–Trinajstić information content (AvgIpc) is 2.70. The summed E-state index contributed by atoms with van der Waals surface area (Å²) < 4.78 is 20.2. The second kappa shape index (κ2) is 4.55. The van der Waals surface area contributed by atoms with E-state index in [0.29, 0.717) is 23.6 Å². The smallest absolute Gasteiger partial charge is 0.128 e. The molecule has 0 atom stereocenters. The monoisotopic (exact) mass is 235 g/mol. The molecule has 2 N–H and O–H groups in total. The van der Waals surface area contributed by atoms with E-state index in [-0.39, 0.29) is 5.82 Å². The first kappa shape index (κ1) is 11.6. The quantitative estimate of drug-likeness (QED) is 0.880. The summed E-state index contributed by atoms with van der Waals surface area (Å²) in [4.78, 5) is 0. The molecule has 1 aromatic heterocycles. The summed E-state index contributed by atoms with van der Waals surface area (Å²) in [5.41, 5.74) is 7.78. The molecule has 17 heavy (non-hydrogen) atoms. The van der Waals surface area contributed by atoms with Gasteiger partial charge in [-0.25, -0.2) is 4.39 Å². The van der Waals surface area contributed by atoms with Crippen LogP contribution in [0.25, 0.3) is 11.3 Å². The molecule has 0 unspecified atom stereocenters. The lowest BCUT2D eigenvalue weighted by Gasteiger charge is -2.07. The third kappa shape index (κ3) is 2.14. The molecular formula is C12H14FN3O. The van der Waals surface area contributed by atoms with Crippen LogP contribution in [0.4, 0.5) is 4.39 Å². The lowest BCUT2D eigenvalue weighted by atomic mass is 10.1. The Kier molecular flexibility index (Phi) is 3.10. The van der Waals surface area contributed by atoms with E-state index in [0.717, 1.165) is 5.56 Å². The molecule has 0 spiro atoms. The Labute approximate surface area is 98.8 Å². The van der Waals surface area contributed by atoms with Crippen molar-refractivity contribution in [1.29, 1.82) is 0 Å². The Balaban J connectivity index is 2.61. The fraction of sp³-hybridized carbons (Fsp3) is 0.250. The molecule has 2 aromatic rings. The maximum Gasteiger partial charge on any atom is 0.128 e. The molecule has 2 rings (SSSR count). The van der Waals surface area contributed by atoms with Gasteiger partial charge < -0.3 is 10.5 Å². The van der Waals surface area contributed by atoms with E-state index >= 15 is 0 Å². The van der Waals surface area contributed by atoms with Gasteiger partial charge in [-0.05, 0) is 18.2 Å². The van der Waals surface area contributed by atoms with Gasteiger partial charge in [-0.3, -0.25) is 4.68 Å². The average molecular weight is 235 g/mol. The number of methoxy groups -OCH3 is 1. The fourth-order valence-electron chi connectivity index (χ4n) is 1.78. The van der Waals surface area contributed by atoms with Gasteiger partial charge in [0, 0.05) is 30.9 Å². The van der Waals surface area contributed by atoms with E-state index in [9.17, 15) is 4.39 Å². The minimum atomic E-state index is -0.325. The number of rotatable bonds is 3. The summed E-state index contributed by atoms with van der Waals surface area (Å²) in [6.45, 7) is 0.350. The molecule has 5 heteroatoms. The van der Waals surface area contributed by atoms with E-state index in [1.807, 2.05) is 6.20 Å². The number of nitrogens with zero attached hydrogens (tertiary/aromatic N) is 2. The third-order valence-corrected chi connectivity index (χ3v) is 2.54. The molecule has 0 aliphatic heterocycles. The Morgan fingerprint density at radius 3 is 2.88 bits per heavy atom. The second-order valence-corrected chi connectivity index (χ2v) is 3.73. The van der Waals surface area contributed by atoms with Crippen LogP contribution in [0.1, 0.15) is 5.56 Å². The molecular weight excluding hydrogens is 221 g/mol. The molecule has 0 radical (unpaired) electrons. The van der Waals surface area contributed by atoms with Crippen molar-refractivity contribution in [2.45, 2.75) is 6.54 Å². The number of aromatic nitrogens is 2. The van der Waals surface area contributed by atoms with Crippen molar-refractivity contribution in [3.8, 4) is 17.0 Å². The van der Waals surface area contributed by atoms with Crippen LogP contribution in [0, 0.1) is 5.82 Å². The Morgan fingerprint density at radius 1 is 1.47 bits per heavy atom. The Hall–Kier alpha value is -1.88. The van der Waals surface area contributed by atoms with E-state index in [4.69, 9.17) is 10.5 Å². The highest BCUT2D eigenvalue weighted by molar-refractivity contribution is 5.69. The zero-order valence-electron chi connectivity index (χ0n) is 9.77. The second-order valence-electron chi connectivity index (χ2n) is 3.73. The molecule has 0 saturated heterocycles. The summed E-state index contributed by atoms with van der Waals surface area (Å²) in [7, 11) is 3.34. The van der Waals surface area contributed by atoms with Gasteiger partial charge in [0.2, 0.25) is 0 Å². The number of hydrogen-bond acceptors (Lipinski definition) is 3. The lowest BCUT2D eigenvalue weighted by molar-refractivity contribution is 0.415. The fourth-order valence-corrected chi connectivity index (χ4v) is 1.78. The highest BCUT2D eigenvalue weighted by Gasteiger charge is 2.14. The number of ether oxygens (including phenoxy) is 1. The SMILES string of the molecule is COc1ccc(F)cc1-c1nn(C)cc1CN. The first-order valence-electron chi connectivity index (χ1n) is 5.22. The highest BCUT2D eigenvalue weighted by Crippen LogP contribution is 2.31. The minimum absolute atomic E-state index is 0.325. The van der Waals surface area contributed by atoms with Crippen molar-refractivity contribution in [2.75, 3.05) is 7.11 Å². The van der Waals surface area contributed by atoms with Crippen LogP contribution in [0.5, 0.6) is 5.75 Å². The molecule has 0 aliphatic rings. The summed E-state index contributed by atoms with van der Waals surface area (Å²) in [5, 5.41) is 4.29. The number of benzene rings is 1. The van der Waals surface area contributed by atoms with Crippen LogP contribution >= 0.6 is 0 Å². The summed E-state index contributed by atoms with van der Waals surface area (Å²) >= 11 is 0.